The number of nitrogens with zero attached hydrogens (tertiary/aromatic N) is 5. The molecule has 0 aromatic carbocycles. The van der Waals surface area contributed by atoms with Gasteiger partial charge >= 0.3 is 0 Å². The Bertz CT molecular complexity index is 893. The summed E-state index contributed by atoms with van der Waals surface area (Å²) in [6, 6.07) is 1.38. The number of amides is 1. The van der Waals surface area contributed by atoms with Crippen molar-refractivity contribution in [2.45, 2.75) is 64.3 Å². The van der Waals surface area contributed by atoms with Gasteiger partial charge in [0.05, 0.1) is 31.6 Å². The van der Waals surface area contributed by atoms with Gasteiger partial charge in [-0.2, -0.15) is 13.7 Å². The molecule has 1 amide bonds. The maximum atomic E-state index is 13.6. The molecule has 2 N–H and O–H groups in total. The summed E-state index contributed by atoms with van der Waals surface area (Å²) in [5.74, 6) is 0.208. The molecule has 1 aliphatic heterocycles. The zero-order valence-corrected chi connectivity index (χ0v) is 19.1. The van der Waals surface area contributed by atoms with Crippen LogP contribution in [-0.4, -0.2) is 75.9 Å². The predicted octanol–water partition coefficient (Wildman–Crippen LogP) is 1.03. The largest absolute Gasteiger partial charge is 0.323 e. The van der Waals surface area contributed by atoms with E-state index in [9.17, 15) is 17.6 Å². The molecule has 0 spiro atoms. The smallest absolute Gasteiger partial charge is 0.261 e. The minimum absolute atomic E-state index is 0.0216. The highest BCUT2D eigenvalue weighted by atomic mass is 32.2. The highest BCUT2D eigenvalue weighted by Gasteiger charge is 2.51. The lowest BCUT2D eigenvalue weighted by Crippen LogP contribution is -2.55. The molecule has 2 fully saturated rings. The molecule has 2 aliphatic rings. The minimum atomic E-state index is -3.67. The SMILES string of the molecule is CC1(C)[C@H](Cn2ccnn2)CC[C@]1(C)NCC(=O)N1C[C@@H](F)C[C@H]1C#N.CS(=O)(=O)O. The number of carbonyl (C=O) groups is 1. The average molecular weight is 459 g/mol. The van der Waals surface area contributed by atoms with Gasteiger partial charge in [-0.15, -0.1) is 5.10 Å². The lowest BCUT2D eigenvalue weighted by Gasteiger charge is -2.42. The normalized spacial score (nSPS) is 29.8. The van der Waals surface area contributed by atoms with Crippen molar-refractivity contribution >= 4 is 16.0 Å². The number of aromatic nitrogens is 3. The van der Waals surface area contributed by atoms with Crippen LogP contribution in [0.15, 0.2) is 12.4 Å². The number of likely N-dealkylation sites (tertiary alicyclic amines) is 1. The van der Waals surface area contributed by atoms with Crippen LogP contribution in [-0.2, 0) is 21.5 Å². The van der Waals surface area contributed by atoms with Crippen molar-refractivity contribution in [1.29, 1.82) is 5.26 Å². The van der Waals surface area contributed by atoms with E-state index in [1.807, 2.05) is 16.9 Å². The summed E-state index contributed by atoms with van der Waals surface area (Å²) < 4.78 is 41.3. The summed E-state index contributed by atoms with van der Waals surface area (Å²) in [7, 11) is -3.67. The molecule has 2 heterocycles. The van der Waals surface area contributed by atoms with E-state index in [0.29, 0.717) is 12.2 Å². The Morgan fingerprint density at radius 3 is 2.61 bits per heavy atom. The van der Waals surface area contributed by atoms with Crippen LogP contribution in [0.3, 0.4) is 0 Å². The number of nitrogens with one attached hydrogen (secondary N) is 1. The number of alkyl halides is 1. The number of hydrogen-bond donors (Lipinski definition) is 2. The third-order valence-corrected chi connectivity index (χ3v) is 6.66. The molecule has 4 atom stereocenters. The maximum absolute atomic E-state index is 13.6. The van der Waals surface area contributed by atoms with Gasteiger partial charge in [0.1, 0.15) is 12.2 Å². The molecule has 1 aromatic heterocycles. The third-order valence-electron chi connectivity index (χ3n) is 6.66. The van der Waals surface area contributed by atoms with Crippen LogP contribution >= 0.6 is 0 Å². The van der Waals surface area contributed by atoms with E-state index in [4.69, 9.17) is 9.81 Å². The number of hydrogen-bond acceptors (Lipinski definition) is 7. The standard InChI is InChI=1S/C18H27FN6O.CH4O3S/c1-17(2)13(11-24-7-6-22-23-24)4-5-18(17,3)21-10-16(26)25-12-14(19)8-15(25)9-20;1-5(2,3)4/h6-7,13-15,21H,4-5,8,10-12H2,1-3H3;1H3,(H,2,3,4)/t13-,14-,15-,18-;/m0./s1. The van der Waals surface area contributed by atoms with Crippen molar-refractivity contribution in [1.82, 2.24) is 25.2 Å². The predicted molar refractivity (Wildman–Crippen MR) is 111 cm³/mol. The number of halogens is 1. The molecule has 0 bridgehead atoms. The van der Waals surface area contributed by atoms with Gasteiger partial charge in [-0.25, -0.2) is 4.39 Å². The summed E-state index contributed by atoms with van der Waals surface area (Å²) in [6.45, 7) is 7.51. The summed E-state index contributed by atoms with van der Waals surface area (Å²) in [5, 5.41) is 20.5. The van der Waals surface area contributed by atoms with Crippen LogP contribution in [0.2, 0.25) is 0 Å². The molecule has 0 radical (unpaired) electrons. The van der Waals surface area contributed by atoms with Gasteiger partial charge < -0.3 is 10.2 Å². The van der Waals surface area contributed by atoms with E-state index < -0.39 is 22.3 Å². The Hall–Kier alpha value is -2.10. The molecule has 1 saturated heterocycles. The fourth-order valence-electron chi connectivity index (χ4n) is 4.34. The van der Waals surface area contributed by atoms with E-state index in [2.05, 4.69) is 36.4 Å². The molecule has 1 aromatic rings. The highest BCUT2D eigenvalue weighted by molar-refractivity contribution is 7.85. The Balaban J connectivity index is 0.000000614. The van der Waals surface area contributed by atoms with Crippen LogP contribution in [0.1, 0.15) is 40.0 Å². The van der Waals surface area contributed by atoms with Gasteiger partial charge in [0.15, 0.2) is 0 Å². The van der Waals surface area contributed by atoms with Gasteiger partial charge in [0.2, 0.25) is 5.91 Å². The van der Waals surface area contributed by atoms with Crippen LogP contribution in [0.5, 0.6) is 0 Å². The highest BCUT2D eigenvalue weighted by Crippen LogP contribution is 2.50. The summed E-state index contributed by atoms with van der Waals surface area (Å²) in [5.41, 5.74) is -0.271. The summed E-state index contributed by atoms with van der Waals surface area (Å²) in [6.07, 6.45) is 5.25. The van der Waals surface area contributed by atoms with Gasteiger partial charge in [0.25, 0.3) is 10.1 Å². The monoisotopic (exact) mass is 458 g/mol. The lowest BCUT2D eigenvalue weighted by molar-refractivity contribution is -0.131. The molecule has 12 heteroatoms. The average Bonchev–Trinajstić information content (AvgIpc) is 3.34. The fourth-order valence-corrected chi connectivity index (χ4v) is 4.34. The quantitative estimate of drug-likeness (QED) is 0.623. The first kappa shape index (κ1) is 25.2. The van der Waals surface area contributed by atoms with Gasteiger partial charge in [-0.1, -0.05) is 19.1 Å². The van der Waals surface area contributed by atoms with E-state index in [1.165, 1.54) is 4.90 Å². The maximum Gasteiger partial charge on any atom is 0.261 e. The second-order valence-electron chi connectivity index (χ2n) is 9.03. The molecule has 174 valence electrons. The van der Waals surface area contributed by atoms with E-state index in [-0.39, 0.29) is 36.4 Å². The van der Waals surface area contributed by atoms with E-state index in [0.717, 1.165) is 19.4 Å². The van der Waals surface area contributed by atoms with Crippen LogP contribution < -0.4 is 5.32 Å². The third kappa shape index (κ3) is 6.44. The summed E-state index contributed by atoms with van der Waals surface area (Å²) in [4.78, 5) is 13.9. The lowest BCUT2D eigenvalue weighted by atomic mass is 9.71. The van der Waals surface area contributed by atoms with E-state index in [1.54, 1.807) is 6.20 Å². The van der Waals surface area contributed by atoms with Gasteiger partial charge in [0, 0.05) is 24.7 Å². The van der Waals surface area contributed by atoms with Crippen molar-refractivity contribution < 1.29 is 22.2 Å². The van der Waals surface area contributed by atoms with Crippen molar-refractivity contribution in [3.05, 3.63) is 12.4 Å². The summed E-state index contributed by atoms with van der Waals surface area (Å²) >= 11 is 0. The molecular formula is C19H31FN6O4S. The number of carbonyl (C=O) groups excluding carboxylic acids is 1. The number of nitriles is 1. The number of rotatable bonds is 5. The first-order valence-electron chi connectivity index (χ1n) is 10.1. The fraction of sp³-hybridized carbons (Fsp3) is 0.789. The minimum Gasteiger partial charge on any atom is -0.323 e. The van der Waals surface area contributed by atoms with Crippen molar-refractivity contribution in [3.8, 4) is 6.07 Å². The Morgan fingerprint density at radius 2 is 2.06 bits per heavy atom. The van der Waals surface area contributed by atoms with Crippen molar-refractivity contribution in [2.24, 2.45) is 11.3 Å². The first-order valence-corrected chi connectivity index (χ1v) is 12.0. The zero-order valence-electron chi connectivity index (χ0n) is 18.3. The Labute approximate surface area is 182 Å². The zero-order chi connectivity index (χ0) is 23.4. The van der Waals surface area contributed by atoms with Gasteiger partial charge in [-0.05, 0) is 31.1 Å². The Kier molecular flexibility index (Phi) is 7.78. The van der Waals surface area contributed by atoms with Gasteiger partial charge in [-0.3, -0.25) is 14.0 Å². The van der Waals surface area contributed by atoms with Crippen molar-refractivity contribution in [2.75, 3.05) is 19.3 Å². The molecule has 0 unspecified atom stereocenters. The molecular weight excluding hydrogens is 427 g/mol. The molecule has 3 rings (SSSR count). The molecule has 10 nitrogen and oxygen atoms in total. The van der Waals surface area contributed by atoms with Crippen LogP contribution in [0.4, 0.5) is 4.39 Å². The van der Waals surface area contributed by atoms with Crippen LogP contribution in [0.25, 0.3) is 0 Å². The first-order chi connectivity index (χ1) is 14.3. The topological polar surface area (TPSA) is 141 Å². The van der Waals surface area contributed by atoms with Crippen LogP contribution in [0, 0.1) is 22.7 Å². The van der Waals surface area contributed by atoms with E-state index >= 15 is 0 Å². The molecule has 1 saturated carbocycles. The molecule has 31 heavy (non-hydrogen) atoms. The Morgan fingerprint density at radius 1 is 1.42 bits per heavy atom. The second kappa shape index (κ2) is 9.58. The van der Waals surface area contributed by atoms with Crippen molar-refractivity contribution in [3.63, 3.8) is 0 Å². The second-order valence-corrected chi connectivity index (χ2v) is 10.5. The molecule has 1 aliphatic carbocycles.